The summed E-state index contributed by atoms with van der Waals surface area (Å²) in [5, 5.41) is 30.2. The van der Waals surface area contributed by atoms with E-state index in [1.165, 1.54) is 6.92 Å². The molecule has 4 N–H and O–H groups in total. The Balaban J connectivity index is 2.97. The molecule has 0 bridgehead atoms. The van der Waals surface area contributed by atoms with E-state index in [9.17, 15) is 19.8 Å². The number of nitrogens with one attached hydrogen (secondary N) is 1. The highest BCUT2D eigenvalue weighted by atomic mass is 16.4. The largest absolute Gasteiger partial charge is 0.508 e. The Hall–Kier alpha value is -2.24. The van der Waals surface area contributed by atoms with Gasteiger partial charge in [0.05, 0.1) is 0 Å². The van der Waals surface area contributed by atoms with Crippen molar-refractivity contribution >= 4 is 11.9 Å². The molecular weight excluding hydrogens is 250 g/mol. The molecule has 1 atom stereocenters. The lowest BCUT2D eigenvalue weighted by atomic mass is 9.95. The zero-order chi connectivity index (χ0) is 14.6. The smallest absolute Gasteiger partial charge is 0.329 e. The number of carbonyl (C=O) groups excluding carboxylic acids is 1. The number of phenolic OH excluding ortho intramolecular Hbond substituents is 2. The quantitative estimate of drug-likeness (QED) is 0.646. The van der Waals surface area contributed by atoms with Crippen LogP contribution in [-0.4, -0.2) is 32.7 Å². The first-order valence-electron chi connectivity index (χ1n) is 5.87. The summed E-state index contributed by atoms with van der Waals surface area (Å²) in [6.45, 7) is 3.23. The highest BCUT2D eigenvalue weighted by Crippen LogP contribution is 2.21. The Bertz CT molecular complexity index is 480. The lowest BCUT2D eigenvalue weighted by Gasteiger charge is -2.25. The molecule has 1 amide bonds. The van der Waals surface area contributed by atoms with E-state index < -0.39 is 17.4 Å². The molecule has 0 aromatic heterocycles. The van der Waals surface area contributed by atoms with Crippen LogP contribution in [0.25, 0.3) is 0 Å². The Morgan fingerprint density at radius 3 is 2.16 bits per heavy atom. The van der Waals surface area contributed by atoms with Crippen molar-refractivity contribution in [2.24, 2.45) is 0 Å². The van der Waals surface area contributed by atoms with Gasteiger partial charge in [-0.25, -0.2) is 4.79 Å². The first-order chi connectivity index (χ1) is 8.78. The predicted molar refractivity (Wildman–Crippen MR) is 68.2 cm³/mol. The molecule has 6 nitrogen and oxygen atoms in total. The van der Waals surface area contributed by atoms with Gasteiger partial charge in [0, 0.05) is 11.6 Å². The molecule has 6 heteroatoms. The van der Waals surface area contributed by atoms with Gasteiger partial charge in [0.25, 0.3) is 5.91 Å². The number of carbonyl (C=O) groups is 2. The summed E-state index contributed by atoms with van der Waals surface area (Å²) in [6, 6.07) is 3.39. The van der Waals surface area contributed by atoms with E-state index in [0.717, 1.165) is 18.2 Å². The van der Waals surface area contributed by atoms with E-state index >= 15 is 0 Å². The number of carboxylic acids is 1. The third-order valence-corrected chi connectivity index (χ3v) is 2.78. The zero-order valence-corrected chi connectivity index (χ0v) is 10.8. The third kappa shape index (κ3) is 3.61. The van der Waals surface area contributed by atoms with E-state index in [0.29, 0.717) is 6.42 Å². The van der Waals surface area contributed by atoms with Crippen LogP contribution in [-0.2, 0) is 4.79 Å². The maximum Gasteiger partial charge on any atom is 0.329 e. The normalized spacial score (nSPS) is 13.6. The number of hydrogen-bond acceptors (Lipinski definition) is 4. The van der Waals surface area contributed by atoms with Gasteiger partial charge in [-0.1, -0.05) is 13.3 Å². The monoisotopic (exact) mass is 267 g/mol. The zero-order valence-electron chi connectivity index (χ0n) is 10.8. The lowest BCUT2D eigenvalue weighted by molar-refractivity contribution is -0.144. The first kappa shape index (κ1) is 14.8. The van der Waals surface area contributed by atoms with Gasteiger partial charge in [0.1, 0.15) is 17.0 Å². The minimum Gasteiger partial charge on any atom is -0.508 e. The number of aromatic hydroxyl groups is 2. The molecule has 0 heterocycles. The molecule has 19 heavy (non-hydrogen) atoms. The molecule has 0 aliphatic heterocycles. The minimum atomic E-state index is -1.38. The molecule has 0 aliphatic carbocycles. The summed E-state index contributed by atoms with van der Waals surface area (Å²) < 4.78 is 0. The number of aliphatic carboxylic acids is 1. The Morgan fingerprint density at radius 2 is 1.74 bits per heavy atom. The number of phenols is 2. The molecular formula is C13H17NO5. The van der Waals surface area contributed by atoms with Crippen LogP contribution in [0.2, 0.25) is 0 Å². The van der Waals surface area contributed by atoms with Crippen molar-refractivity contribution < 1.29 is 24.9 Å². The molecule has 1 aromatic rings. The number of amides is 1. The second-order valence-electron chi connectivity index (χ2n) is 4.58. The number of carboxylic acid groups (broad SMARTS) is 1. The van der Waals surface area contributed by atoms with Crippen LogP contribution < -0.4 is 5.32 Å². The summed E-state index contributed by atoms with van der Waals surface area (Å²) in [5.41, 5.74) is -1.38. The number of hydrogen-bond donors (Lipinski definition) is 4. The van der Waals surface area contributed by atoms with Crippen molar-refractivity contribution in [2.45, 2.75) is 32.2 Å². The van der Waals surface area contributed by atoms with E-state index in [1.54, 1.807) is 0 Å². The van der Waals surface area contributed by atoms with E-state index in [4.69, 9.17) is 5.11 Å². The van der Waals surface area contributed by atoms with Gasteiger partial charge in [0.15, 0.2) is 0 Å². The second kappa shape index (κ2) is 5.60. The highest BCUT2D eigenvalue weighted by Gasteiger charge is 2.34. The van der Waals surface area contributed by atoms with Crippen molar-refractivity contribution in [1.82, 2.24) is 5.32 Å². The summed E-state index contributed by atoms with van der Waals surface area (Å²) in [4.78, 5) is 23.1. The van der Waals surface area contributed by atoms with E-state index in [2.05, 4.69) is 5.32 Å². The predicted octanol–water partition coefficient (Wildman–Crippen LogP) is 1.47. The Labute approximate surface area is 110 Å². The van der Waals surface area contributed by atoms with Crippen molar-refractivity contribution in [2.75, 3.05) is 0 Å². The summed E-state index contributed by atoms with van der Waals surface area (Å²) in [6.07, 6.45) is 0.868. The summed E-state index contributed by atoms with van der Waals surface area (Å²) in [7, 11) is 0. The highest BCUT2D eigenvalue weighted by molar-refractivity contribution is 5.98. The summed E-state index contributed by atoms with van der Waals surface area (Å²) in [5.74, 6) is -2.33. The van der Waals surface area contributed by atoms with Gasteiger partial charge in [-0.15, -0.1) is 0 Å². The van der Waals surface area contributed by atoms with Crippen LogP contribution >= 0.6 is 0 Å². The van der Waals surface area contributed by atoms with Crippen LogP contribution in [0.15, 0.2) is 18.2 Å². The van der Waals surface area contributed by atoms with Crippen LogP contribution in [0.5, 0.6) is 11.5 Å². The molecule has 1 unspecified atom stereocenters. The first-order valence-corrected chi connectivity index (χ1v) is 5.87. The van der Waals surface area contributed by atoms with Crippen molar-refractivity contribution in [3.8, 4) is 11.5 Å². The fourth-order valence-electron chi connectivity index (χ4n) is 1.77. The molecule has 0 radical (unpaired) electrons. The van der Waals surface area contributed by atoms with Crippen LogP contribution in [0.4, 0.5) is 0 Å². The van der Waals surface area contributed by atoms with Gasteiger partial charge in [0.2, 0.25) is 0 Å². The maximum absolute atomic E-state index is 11.9. The molecule has 0 fully saturated rings. The Kier molecular flexibility index (Phi) is 4.37. The second-order valence-corrected chi connectivity index (χ2v) is 4.58. The van der Waals surface area contributed by atoms with Gasteiger partial charge in [-0.05, 0) is 25.5 Å². The topological polar surface area (TPSA) is 107 Å². The number of benzene rings is 1. The molecule has 1 rings (SSSR count). The molecule has 0 aliphatic rings. The van der Waals surface area contributed by atoms with Crippen molar-refractivity contribution in [1.29, 1.82) is 0 Å². The molecule has 0 saturated heterocycles. The fraction of sp³-hybridized carbons (Fsp3) is 0.385. The molecule has 0 saturated carbocycles. The standard InChI is InChI=1S/C13H17NO5/c1-3-4-13(2,12(18)19)14-11(17)8-5-9(15)7-10(16)6-8/h5-7,15-16H,3-4H2,1-2H3,(H,14,17)(H,18,19). The summed E-state index contributed by atoms with van der Waals surface area (Å²) >= 11 is 0. The van der Waals surface area contributed by atoms with Crippen molar-refractivity contribution in [3.05, 3.63) is 23.8 Å². The minimum absolute atomic E-state index is 0.000998. The van der Waals surface area contributed by atoms with Crippen LogP contribution in [0.1, 0.15) is 37.0 Å². The van der Waals surface area contributed by atoms with Gasteiger partial charge < -0.3 is 20.6 Å². The van der Waals surface area contributed by atoms with Crippen LogP contribution in [0, 0.1) is 0 Å². The third-order valence-electron chi connectivity index (χ3n) is 2.78. The number of rotatable bonds is 5. The van der Waals surface area contributed by atoms with Crippen LogP contribution in [0.3, 0.4) is 0 Å². The maximum atomic E-state index is 11.9. The van der Waals surface area contributed by atoms with Gasteiger partial charge >= 0.3 is 5.97 Å². The fourth-order valence-corrected chi connectivity index (χ4v) is 1.77. The SMILES string of the molecule is CCCC(C)(NC(=O)c1cc(O)cc(O)c1)C(=O)O. The van der Waals surface area contributed by atoms with E-state index in [-0.39, 0.29) is 23.5 Å². The lowest BCUT2D eigenvalue weighted by Crippen LogP contribution is -2.52. The molecule has 0 spiro atoms. The van der Waals surface area contributed by atoms with Gasteiger partial charge in [-0.2, -0.15) is 0 Å². The molecule has 104 valence electrons. The van der Waals surface area contributed by atoms with Gasteiger partial charge in [-0.3, -0.25) is 4.79 Å². The Morgan fingerprint density at radius 1 is 1.21 bits per heavy atom. The average Bonchev–Trinajstić information content (AvgIpc) is 2.27. The van der Waals surface area contributed by atoms with E-state index in [1.807, 2.05) is 6.92 Å². The molecule has 1 aromatic carbocycles. The average molecular weight is 267 g/mol. The van der Waals surface area contributed by atoms with Crippen molar-refractivity contribution in [3.63, 3.8) is 0 Å².